The number of ether oxygens (including phenoxy) is 1. The average molecular weight is 479 g/mol. The summed E-state index contributed by atoms with van der Waals surface area (Å²) in [6.45, 7) is 2.23. The van der Waals surface area contributed by atoms with E-state index in [0.717, 1.165) is 0 Å². The summed E-state index contributed by atoms with van der Waals surface area (Å²) in [5.41, 5.74) is 3.08. The molecule has 3 aromatic carbocycles. The van der Waals surface area contributed by atoms with Crippen LogP contribution in [0.1, 0.15) is 10.4 Å². The fourth-order valence-corrected chi connectivity index (χ4v) is 4.02. The van der Waals surface area contributed by atoms with Gasteiger partial charge in [0.2, 0.25) is 5.89 Å². The highest BCUT2D eigenvalue weighted by Crippen LogP contribution is 2.30. The molecule has 0 saturated carbocycles. The molecule has 2 heterocycles. The zero-order chi connectivity index (χ0) is 23.7. The third-order valence-electron chi connectivity index (χ3n) is 5.50. The number of nitro benzene ring substituents is 1. The van der Waals surface area contributed by atoms with Crippen molar-refractivity contribution in [3.63, 3.8) is 0 Å². The van der Waals surface area contributed by atoms with E-state index < -0.39 is 10.8 Å². The smallest absolute Gasteiger partial charge is 0.270 e. The lowest BCUT2D eigenvalue weighted by molar-refractivity contribution is -0.384. The zero-order valence-corrected chi connectivity index (χ0v) is 18.6. The molecule has 0 bridgehead atoms. The van der Waals surface area contributed by atoms with Crippen molar-refractivity contribution in [3.8, 4) is 11.5 Å². The quantitative estimate of drug-likeness (QED) is 0.312. The molecule has 4 aromatic rings. The predicted molar refractivity (Wildman–Crippen MR) is 129 cm³/mol. The first-order valence-corrected chi connectivity index (χ1v) is 10.9. The number of oxazole rings is 1. The van der Waals surface area contributed by atoms with E-state index in [1.54, 1.807) is 42.5 Å². The van der Waals surface area contributed by atoms with Gasteiger partial charge >= 0.3 is 0 Å². The van der Waals surface area contributed by atoms with Gasteiger partial charge in [0.1, 0.15) is 5.52 Å². The van der Waals surface area contributed by atoms with Crippen LogP contribution in [0.5, 0.6) is 0 Å². The second-order valence-corrected chi connectivity index (χ2v) is 8.16. The lowest BCUT2D eigenvalue weighted by Crippen LogP contribution is -2.37. The lowest BCUT2D eigenvalue weighted by Gasteiger charge is -2.30. The molecule has 0 radical (unpaired) electrons. The molecular weight excluding hydrogens is 460 g/mol. The van der Waals surface area contributed by atoms with Gasteiger partial charge in [-0.2, -0.15) is 0 Å². The van der Waals surface area contributed by atoms with Crippen LogP contribution in [-0.4, -0.2) is 42.1 Å². The number of benzene rings is 3. The van der Waals surface area contributed by atoms with E-state index in [0.29, 0.717) is 65.3 Å². The van der Waals surface area contributed by atoms with Gasteiger partial charge < -0.3 is 19.4 Å². The standard InChI is InChI=1S/C24H19ClN4O5/c25-16-4-7-22-20(13-16)27-24(34-22)15-2-1-3-17(12-15)26-23(30)19-14-18(29(31)32)5-6-21(19)28-8-10-33-11-9-28/h1-7,12-14H,8-11H2,(H,26,30). The van der Waals surface area contributed by atoms with Gasteiger partial charge in [-0.1, -0.05) is 17.7 Å². The number of hydrogen-bond donors (Lipinski definition) is 1. The number of hydrogen-bond acceptors (Lipinski definition) is 7. The molecule has 10 heteroatoms. The molecule has 0 unspecified atom stereocenters. The molecule has 0 atom stereocenters. The molecule has 1 saturated heterocycles. The minimum Gasteiger partial charge on any atom is -0.436 e. The van der Waals surface area contributed by atoms with Crippen LogP contribution in [0.4, 0.5) is 17.1 Å². The Kier molecular flexibility index (Phi) is 5.87. The maximum atomic E-state index is 13.2. The number of amides is 1. The second kappa shape index (κ2) is 9.12. The van der Waals surface area contributed by atoms with E-state index >= 15 is 0 Å². The van der Waals surface area contributed by atoms with Gasteiger partial charge in [0.25, 0.3) is 11.6 Å². The number of aromatic nitrogens is 1. The summed E-state index contributed by atoms with van der Waals surface area (Å²) in [5.74, 6) is -0.0654. The number of anilines is 2. The summed E-state index contributed by atoms with van der Waals surface area (Å²) in [7, 11) is 0. The van der Waals surface area contributed by atoms with Crippen molar-refractivity contribution in [2.75, 3.05) is 36.5 Å². The molecule has 1 aromatic heterocycles. The number of carbonyl (C=O) groups excluding carboxylic acids is 1. The number of non-ortho nitro benzene ring substituents is 1. The van der Waals surface area contributed by atoms with E-state index in [4.69, 9.17) is 20.8 Å². The molecule has 1 N–H and O–H groups in total. The molecule has 1 aliphatic heterocycles. The van der Waals surface area contributed by atoms with Gasteiger partial charge in [0.05, 0.1) is 29.4 Å². The van der Waals surface area contributed by atoms with E-state index in [9.17, 15) is 14.9 Å². The Bertz CT molecular complexity index is 1400. The molecule has 172 valence electrons. The largest absolute Gasteiger partial charge is 0.436 e. The summed E-state index contributed by atoms with van der Waals surface area (Å²) >= 11 is 6.03. The maximum Gasteiger partial charge on any atom is 0.270 e. The Morgan fingerprint density at radius 1 is 1.09 bits per heavy atom. The third kappa shape index (κ3) is 4.43. The fraction of sp³-hybridized carbons (Fsp3) is 0.167. The van der Waals surface area contributed by atoms with E-state index in [2.05, 4.69) is 10.3 Å². The van der Waals surface area contributed by atoms with Gasteiger partial charge in [-0.15, -0.1) is 0 Å². The molecule has 34 heavy (non-hydrogen) atoms. The maximum absolute atomic E-state index is 13.2. The molecule has 1 fully saturated rings. The van der Waals surface area contributed by atoms with Crippen molar-refractivity contribution in [3.05, 3.63) is 81.4 Å². The predicted octanol–water partition coefficient (Wildman–Crippen LogP) is 5.15. The Labute approximate surface area is 199 Å². The first kappa shape index (κ1) is 21.9. The second-order valence-electron chi connectivity index (χ2n) is 7.72. The van der Waals surface area contributed by atoms with Gasteiger partial charge in [0.15, 0.2) is 5.58 Å². The van der Waals surface area contributed by atoms with E-state index in [1.165, 1.54) is 12.1 Å². The normalized spacial score (nSPS) is 13.7. The van der Waals surface area contributed by atoms with Gasteiger partial charge in [-0.05, 0) is 42.5 Å². The number of nitrogens with one attached hydrogen (secondary N) is 1. The highest BCUT2D eigenvalue weighted by Gasteiger charge is 2.22. The number of nitrogens with zero attached hydrogens (tertiary/aromatic N) is 3. The average Bonchev–Trinajstić information content (AvgIpc) is 3.27. The number of morpholine rings is 1. The number of nitro groups is 1. The zero-order valence-electron chi connectivity index (χ0n) is 17.9. The Balaban J connectivity index is 1.45. The number of rotatable bonds is 5. The van der Waals surface area contributed by atoms with Crippen LogP contribution >= 0.6 is 11.6 Å². The van der Waals surface area contributed by atoms with Crippen molar-refractivity contribution in [2.24, 2.45) is 0 Å². The SMILES string of the molecule is O=C(Nc1cccc(-c2nc3cc(Cl)ccc3o2)c1)c1cc([N+](=O)[O-])ccc1N1CCOCC1. The fourth-order valence-electron chi connectivity index (χ4n) is 3.85. The topological polar surface area (TPSA) is 111 Å². The molecule has 1 amide bonds. The van der Waals surface area contributed by atoms with Gasteiger partial charge in [-0.3, -0.25) is 14.9 Å². The van der Waals surface area contributed by atoms with Crippen molar-refractivity contribution in [2.45, 2.75) is 0 Å². The summed E-state index contributed by atoms with van der Waals surface area (Å²) in [6.07, 6.45) is 0. The van der Waals surface area contributed by atoms with Crippen LogP contribution in [0.3, 0.4) is 0 Å². The van der Waals surface area contributed by atoms with Crippen LogP contribution in [-0.2, 0) is 4.74 Å². The van der Waals surface area contributed by atoms with Crippen LogP contribution in [0, 0.1) is 10.1 Å². The lowest BCUT2D eigenvalue weighted by atomic mass is 10.1. The molecule has 0 aliphatic carbocycles. The first-order chi connectivity index (χ1) is 16.5. The number of halogens is 1. The van der Waals surface area contributed by atoms with Crippen LogP contribution in [0.15, 0.2) is 65.1 Å². The Morgan fingerprint density at radius 2 is 1.91 bits per heavy atom. The van der Waals surface area contributed by atoms with E-state index in [1.807, 2.05) is 11.0 Å². The molecule has 1 aliphatic rings. The monoisotopic (exact) mass is 478 g/mol. The molecule has 0 spiro atoms. The Morgan fingerprint density at radius 3 is 2.71 bits per heavy atom. The van der Waals surface area contributed by atoms with Crippen LogP contribution in [0.2, 0.25) is 5.02 Å². The number of carbonyl (C=O) groups is 1. The van der Waals surface area contributed by atoms with Crippen molar-refractivity contribution < 1.29 is 18.9 Å². The third-order valence-corrected chi connectivity index (χ3v) is 5.74. The van der Waals surface area contributed by atoms with Crippen LogP contribution < -0.4 is 10.2 Å². The highest BCUT2D eigenvalue weighted by molar-refractivity contribution is 6.31. The summed E-state index contributed by atoms with van der Waals surface area (Å²) in [6, 6.07) is 16.5. The summed E-state index contributed by atoms with van der Waals surface area (Å²) in [5, 5.41) is 14.7. The van der Waals surface area contributed by atoms with Crippen molar-refractivity contribution in [1.29, 1.82) is 0 Å². The minimum atomic E-state index is -0.514. The molecular formula is C24H19ClN4O5. The molecule has 5 rings (SSSR count). The molecule has 9 nitrogen and oxygen atoms in total. The first-order valence-electron chi connectivity index (χ1n) is 10.6. The summed E-state index contributed by atoms with van der Waals surface area (Å²) < 4.78 is 11.2. The van der Waals surface area contributed by atoms with Gasteiger partial charge in [-0.25, -0.2) is 4.98 Å². The Hall–Kier alpha value is -3.95. The van der Waals surface area contributed by atoms with E-state index in [-0.39, 0.29) is 11.3 Å². The van der Waals surface area contributed by atoms with Crippen molar-refractivity contribution in [1.82, 2.24) is 4.98 Å². The minimum absolute atomic E-state index is 0.152. The summed E-state index contributed by atoms with van der Waals surface area (Å²) in [4.78, 5) is 30.5. The highest BCUT2D eigenvalue weighted by atomic mass is 35.5. The van der Waals surface area contributed by atoms with Crippen LogP contribution in [0.25, 0.3) is 22.6 Å². The number of fused-ring (bicyclic) bond motifs is 1. The van der Waals surface area contributed by atoms with Gasteiger partial charge in [0, 0.05) is 41.5 Å². The van der Waals surface area contributed by atoms with Crippen molar-refractivity contribution >= 4 is 45.7 Å².